The number of benzene rings is 1. The monoisotopic (exact) mass is 311 g/mol. The van der Waals surface area contributed by atoms with Gasteiger partial charge in [0.1, 0.15) is 5.75 Å². The lowest BCUT2D eigenvalue weighted by atomic mass is 9.85. The second kappa shape index (κ2) is 5.74. The molecule has 98 valence electrons. The van der Waals surface area contributed by atoms with Gasteiger partial charge in [0.15, 0.2) is 0 Å². The minimum absolute atomic E-state index is 0.00667. The van der Waals surface area contributed by atoms with Crippen LogP contribution in [0.3, 0.4) is 0 Å². The van der Waals surface area contributed by atoms with E-state index in [9.17, 15) is 9.90 Å². The molecule has 1 saturated carbocycles. The first-order valence-corrected chi connectivity index (χ1v) is 7.19. The van der Waals surface area contributed by atoms with Crippen LogP contribution in [0.2, 0.25) is 0 Å². The van der Waals surface area contributed by atoms with Crippen molar-refractivity contribution in [2.45, 2.75) is 26.2 Å². The van der Waals surface area contributed by atoms with E-state index in [2.05, 4.69) is 15.9 Å². The maximum absolute atomic E-state index is 12.3. The van der Waals surface area contributed by atoms with E-state index in [1.807, 2.05) is 11.8 Å². The Hall–Kier alpha value is -1.03. The van der Waals surface area contributed by atoms with Gasteiger partial charge in [-0.25, -0.2) is 0 Å². The molecule has 1 aromatic carbocycles. The number of halogens is 1. The molecule has 0 atom stereocenters. The zero-order valence-corrected chi connectivity index (χ0v) is 12.1. The van der Waals surface area contributed by atoms with Crippen molar-refractivity contribution in [1.29, 1.82) is 0 Å². The molecule has 1 aromatic rings. The smallest absolute Gasteiger partial charge is 0.253 e. The Morgan fingerprint density at radius 3 is 2.72 bits per heavy atom. The largest absolute Gasteiger partial charge is 0.507 e. The van der Waals surface area contributed by atoms with Crippen LogP contribution >= 0.6 is 15.9 Å². The highest BCUT2D eigenvalue weighted by atomic mass is 79.9. The molecule has 0 aliphatic heterocycles. The van der Waals surface area contributed by atoms with E-state index in [0.29, 0.717) is 22.5 Å². The fraction of sp³-hybridized carbons (Fsp3) is 0.500. The molecule has 0 aromatic heterocycles. The van der Waals surface area contributed by atoms with Crippen molar-refractivity contribution in [3.8, 4) is 5.75 Å². The van der Waals surface area contributed by atoms with Crippen LogP contribution in [-0.4, -0.2) is 29.0 Å². The number of carbonyl (C=O) groups excluding carboxylic acids is 1. The number of phenolic OH excluding ortho intramolecular Hbond substituents is 1. The quantitative estimate of drug-likeness (QED) is 0.925. The van der Waals surface area contributed by atoms with Gasteiger partial charge in [-0.2, -0.15) is 0 Å². The molecular weight excluding hydrogens is 294 g/mol. The molecule has 1 fully saturated rings. The van der Waals surface area contributed by atoms with E-state index in [-0.39, 0.29) is 11.7 Å². The summed E-state index contributed by atoms with van der Waals surface area (Å²) in [4.78, 5) is 14.2. The average Bonchev–Trinajstić information content (AvgIpc) is 2.31. The van der Waals surface area contributed by atoms with Gasteiger partial charge in [-0.3, -0.25) is 4.79 Å². The zero-order valence-electron chi connectivity index (χ0n) is 10.5. The molecule has 1 aliphatic carbocycles. The van der Waals surface area contributed by atoms with Gasteiger partial charge in [0.2, 0.25) is 0 Å². The van der Waals surface area contributed by atoms with Crippen LogP contribution in [-0.2, 0) is 0 Å². The van der Waals surface area contributed by atoms with Crippen molar-refractivity contribution < 1.29 is 9.90 Å². The van der Waals surface area contributed by atoms with Crippen LogP contribution < -0.4 is 0 Å². The Morgan fingerprint density at radius 2 is 2.22 bits per heavy atom. The van der Waals surface area contributed by atoms with E-state index in [0.717, 1.165) is 6.54 Å². The highest BCUT2D eigenvalue weighted by molar-refractivity contribution is 9.10. The number of amides is 1. The van der Waals surface area contributed by atoms with Crippen LogP contribution in [0.5, 0.6) is 5.75 Å². The number of phenols is 1. The SMILES string of the molecule is CCN(CC1CCC1)C(=O)c1ccc(Br)c(O)c1. The Balaban J connectivity index is 2.09. The van der Waals surface area contributed by atoms with Gasteiger partial charge in [0.05, 0.1) is 4.47 Å². The van der Waals surface area contributed by atoms with E-state index >= 15 is 0 Å². The van der Waals surface area contributed by atoms with Crippen molar-refractivity contribution in [2.75, 3.05) is 13.1 Å². The zero-order chi connectivity index (χ0) is 13.1. The first-order chi connectivity index (χ1) is 8.61. The lowest BCUT2D eigenvalue weighted by Crippen LogP contribution is -2.37. The lowest BCUT2D eigenvalue weighted by molar-refractivity contribution is 0.0706. The molecule has 1 N–H and O–H groups in total. The summed E-state index contributed by atoms with van der Waals surface area (Å²) in [6.45, 7) is 3.55. The minimum Gasteiger partial charge on any atom is -0.507 e. The third-order valence-electron chi connectivity index (χ3n) is 3.57. The summed E-state index contributed by atoms with van der Waals surface area (Å²) in [7, 11) is 0. The van der Waals surface area contributed by atoms with E-state index < -0.39 is 0 Å². The molecule has 4 heteroatoms. The van der Waals surface area contributed by atoms with Crippen LogP contribution in [0.25, 0.3) is 0 Å². The van der Waals surface area contributed by atoms with E-state index in [1.54, 1.807) is 12.1 Å². The summed E-state index contributed by atoms with van der Waals surface area (Å²) in [6, 6.07) is 4.98. The molecule has 1 aliphatic rings. The topological polar surface area (TPSA) is 40.5 Å². The van der Waals surface area contributed by atoms with Crippen molar-refractivity contribution in [3.63, 3.8) is 0 Å². The molecule has 0 unspecified atom stereocenters. The fourth-order valence-electron chi connectivity index (χ4n) is 2.17. The number of nitrogens with zero attached hydrogens (tertiary/aromatic N) is 1. The predicted molar refractivity (Wildman–Crippen MR) is 74.7 cm³/mol. The molecule has 0 bridgehead atoms. The number of aromatic hydroxyl groups is 1. The predicted octanol–water partition coefficient (Wildman–Crippen LogP) is 3.42. The Bertz CT molecular complexity index is 443. The number of hydrogen-bond acceptors (Lipinski definition) is 2. The number of carbonyl (C=O) groups is 1. The van der Waals surface area contributed by atoms with Gasteiger partial charge < -0.3 is 10.0 Å². The molecule has 0 radical (unpaired) electrons. The normalized spacial score (nSPS) is 15.2. The van der Waals surface area contributed by atoms with Crippen LogP contribution in [0.1, 0.15) is 36.5 Å². The van der Waals surface area contributed by atoms with Gasteiger partial charge in [-0.1, -0.05) is 6.42 Å². The molecular formula is C14H18BrNO2. The third kappa shape index (κ3) is 2.86. The minimum atomic E-state index is 0.00667. The van der Waals surface area contributed by atoms with Gasteiger partial charge in [0.25, 0.3) is 5.91 Å². The molecule has 0 heterocycles. The summed E-state index contributed by atoms with van der Waals surface area (Å²) >= 11 is 3.22. The summed E-state index contributed by atoms with van der Waals surface area (Å²) in [5, 5.41) is 9.63. The standard InChI is InChI=1S/C14H18BrNO2/c1-2-16(9-10-4-3-5-10)14(18)11-6-7-12(15)13(17)8-11/h6-8,10,17H,2-5,9H2,1H3. The van der Waals surface area contributed by atoms with Gasteiger partial charge >= 0.3 is 0 Å². The molecule has 2 rings (SSSR count). The van der Waals surface area contributed by atoms with Crippen LogP contribution in [0.4, 0.5) is 0 Å². The molecule has 1 amide bonds. The highest BCUT2D eigenvalue weighted by Gasteiger charge is 2.23. The van der Waals surface area contributed by atoms with Crippen molar-refractivity contribution in [2.24, 2.45) is 5.92 Å². The van der Waals surface area contributed by atoms with Crippen molar-refractivity contribution >= 4 is 21.8 Å². The van der Waals surface area contributed by atoms with Gasteiger partial charge in [-0.05, 0) is 59.8 Å². The number of hydrogen-bond donors (Lipinski definition) is 1. The maximum Gasteiger partial charge on any atom is 0.253 e. The molecule has 3 nitrogen and oxygen atoms in total. The Morgan fingerprint density at radius 1 is 1.50 bits per heavy atom. The van der Waals surface area contributed by atoms with Crippen LogP contribution in [0, 0.1) is 5.92 Å². The molecule has 18 heavy (non-hydrogen) atoms. The van der Waals surface area contributed by atoms with Gasteiger partial charge in [0, 0.05) is 18.7 Å². The lowest BCUT2D eigenvalue weighted by Gasteiger charge is -2.31. The van der Waals surface area contributed by atoms with Crippen molar-refractivity contribution in [3.05, 3.63) is 28.2 Å². The fourth-order valence-corrected chi connectivity index (χ4v) is 2.42. The Labute approximate surface area is 116 Å². The van der Waals surface area contributed by atoms with Crippen LogP contribution in [0.15, 0.2) is 22.7 Å². The second-order valence-corrected chi connectivity index (χ2v) is 5.66. The Kier molecular flexibility index (Phi) is 4.27. The summed E-state index contributed by atoms with van der Waals surface area (Å²) in [5.74, 6) is 0.783. The summed E-state index contributed by atoms with van der Waals surface area (Å²) in [5.41, 5.74) is 0.553. The molecule has 0 spiro atoms. The second-order valence-electron chi connectivity index (χ2n) is 4.81. The third-order valence-corrected chi connectivity index (χ3v) is 4.24. The van der Waals surface area contributed by atoms with E-state index in [4.69, 9.17) is 0 Å². The number of rotatable bonds is 4. The summed E-state index contributed by atoms with van der Waals surface area (Å²) < 4.78 is 0.612. The first kappa shape index (κ1) is 13.4. The maximum atomic E-state index is 12.3. The van der Waals surface area contributed by atoms with E-state index in [1.165, 1.54) is 25.3 Å². The van der Waals surface area contributed by atoms with Gasteiger partial charge in [-0.15, -0.1) is 0 Å². The first-order valence-electron chi connectivity index (χ1n) is 6.39. The highest BCUT2D eigenvalue weighted by Crippen LogP contribution is 2.28. The average molecular weight is 312 g/mol. The van der Waals surface area contributed by atoms with Crippen molar-refractivity contribution in [1.82, 2.24) is 4.90 Å². The molecule has 0 saturated heterocycles. The summed E-state index contributed by atoms with van der Waals surface area (Å²) in [6.07, 6.45) is 3.75.